The van der Waals surface area contributed by atoms with Crippen LogP contribution in [0.1, 0.15) is 25.7 Å². The van der Waals surface area contributed by atoms with Crippen LogP contribution in [0.15, 0.2) is 0 Å². The minimum atomic E-state index is -1.82. The van der Waals surface area contributed by atoms with Crippen molar-refractivity contribution in [3.63, 3.8) is 0 Å². The Balaban J connectivity index is 0.000000187. The fourth-order valence-corrected chi connectivity index (χ4v) is 2.50. The Hall–Kier alpha value is -1.14. The van der Waals surface area contributed by atoms with Crippen LogP contribution >= 0.6 is 0 Å². The summed E-state index contributed by atoms with van der Waals surface area (Å²) in [5.41, 5.74) is 0. The molecule has 0 amide bonds. The van der Waals surface area contributed by atoms with Crippen LogP contribution in [0.4, 0.5) is 0 Å². The largest absolute Gasteiger partial charge is 0.473 e. The lowest BCUT2D eigenvalue weighted by Crippen LogP contribution is -2.31. The van der Waals surface area contributed by atoms with Gasteiger partial charge in [-0.05, 0) is 25.7 Å². The van der Waals surface area contributed by atoms with Crippen LogP contribution < -0.4 is 0 Å². The Kier molecular flexibility index (Phi) is 4.70. The van der Waals surface area contributed by atoms with Crippen LogP contribution in [0.25, 0.3) is 0 Å². The molecule has 0 atom stereocenters. The Morgan fingerprint density at radius 3 is 1.62 bits per heavy atom. The molecule has 2 rings (SSSR count). The molecule has 6 heteroatoms. The van der Waals surface area contributed by atoms with Crippen LogP contribution in [0.3, 0.4) is 0 Å². The van der Waals surface area contributed by atoms with Gasteiger partial charge in [0, 0.05) is 18.6 Å². The van der Waals surface area contributed by atoms with Gasteiger partial charge in [-0.1, -0.05) is 0 Å². The molecular formula is C10H17NO5. The summed E-state index contributed by atoms with van der Waals surface area (Å²) >= 11 is 0. The third kappa shape index (κ3) is 3.18. The monoisotopic (exact) mass is 231 g/mol. The van der Waals surface area contributed by atoms with Crippen molar-refractivity contribution in [3.8, 4) is 0 Å². The maximum Gasteiger partial charge on any atom is 0.414 e. The summed E-state index contributed by atoms with van der Waals surface area (Å²) in [6, 6.07) is 1.66. The van der Waals surface area contributed by atoms with Crippen molar-refractivity contribution >= 4 is 11.9 Å². The first-order chi connectivity index (χ1) is 7.56. The predicted molar refractivity (Wildman–Crippen MR) is 55.1 cm³/mol. The number of hydrogen-bond donors (Lipinski definition) is 3. The number of hydrogen-bond acceptors (Lipinski definition) is 4. The van der Waals surface area contributed by atoms with E-state index in [2.05, 4.69) is 4.90 Å². The molecule has 2 aliphatic heterocycles. The lowest BCUT2D eigenvalue weighted by atomic mass is 10.0. The average Bonchev–Trinajstić information content (AvgIpc) is 2.79. The molecule has 0 aliphatic carbocycles. The molecule has 3 N–H and O–H groups in total. The van der Waals surface area contributed by atoms with E-state index < -0.39 is 11.9 Å². The predicted octanol–water partition coefficient (Wildman–Crippen LogP) is -0.239. The van der Waals surface area contributed by atoms with Gasteiger partial charge in [-0.25, -0.2) is 9.59 Å². The van der Waals surface area contributed by atoms with Crippen molar-refractivity contribution in [2.75, 3.05) is 13.2 Å². The molecule has 2 fully saturated rings. The number of fused-ring (bicyclic) bond motifs is 2. The number of carboxylic acid groups (broad SMARTS) is 2. The lowest BCUT2D eigenvalue weighted by molar-refractivity contribution is -0.159. The van der Waals surface area contributed by atoms with E-state index >= 15 is 0 Å². The summed E-state index contributed by atoms with van der Waals surface area (Å²) in [5, 5.41) is 23.5. The van der Waals surface area contributed by atoms with Crippen molar-refractivity contribution in [2.24, 2.45) is 0 Å². The summed E-state index contributed by atoms with van der Waals surface area (Å²) in [7, 11) is 0. The highest BCUT2D eigenvalue weighted by atomic mass is 16.4. The van der Waals surface area contributed by atoms with E-state index in [1.54, 1.807) is 0 Å². The van der Waals surface area contributed by atoms with E-state index in [9.17, 15) is 0 Å². The molecule has 6 nitrogen and oxygen atoms in total. The van der Waals surface area contributed by atoms with Crippen molar-refractivity contribution in [1.82, 2.24) is 4.90 Å². The third-order valence-corrected chi connectivity index (χ3v) is 3.15. The third-order valence-electron chi connectivity index (χ3n) is 3.15. The number of rotatable bonds is 2. The minimum absolute atomic E-state index is 0.340. The van der Waals surface area contributed by atoms with Crippen molar-refractivity contribution in [2.45, 2.75) is 37.8 Å². The van der Waals surface area contributed by atoms with Gasteiger partial charge in [0.15, 0.2) is 0 Å². The minimum Gasteiger partial charge on any atom is -0.473 e. The Labute approximate surface area is 93.5 Å². The average molecular weight is 231 g/mol. The quantitative estimate of drug-likeness (QED) is 0.567. The van der Waals surface area contributed by atoms with Crippen LogP contribution in [0, 0.1) is 0 Å². The first kappa shape index (κ1) is 12.9. The van der Waals surface area contributed by atoms with Gasteiger partial charge in [0.25, 0.3) is 0 Å². The van der Waals surface area contributed by atoms with E-state index in [4.69, 9.17) is 24.9 Å². The number of aliphatic hydroxyl groups excluding tert-OH is 1. The molecule has 2 saturated heterocycles. The first-order valence-corrected chi connectivity index (χ1v) is 5.39. The van der Waals surface area contributed by atoms with E-state index in [1.165, 1.54) is 25.7 Å². The summed E-state index contributed by atoms with van der Waals surface area (Å²) in [4.78, 5) is 20.7. The van der Waals surface area contributed by atoms with Gasteiger partial charge in [-0.15, -0.1) is 0 Å². The molecule has 2 aliphatic rings. The number of aliphatic carboxylic acids is 2. The zero-order valence-electron chi connectivity index (χ0n) is 9.00. The molecule has 0 radical (unpaired) electrons. The van der Waals surface area contributed by atoms with Crippen molar-refractivity contribution < 1.29 is 24.9 Å². The van der Waals surface area contributed by atoms with Gasteiger partial charge in [0.1, 0.15) is 0 Å². The van der Waals surface area contributed by atoms with Gasteiger partial charge in [0.2, 0.25) is 0 Å². The maximum absolute atomic E-state index is 9.10. The van der Waals surface area contributed by atoms with E-state index in [1.807, 2.05) is 0 Å². The van der Waals surface area contributed by atoms with Crippen LogP contribution in [-0.4, -0.2) is 57.4 Å². The molecule has 2 heterocycles. The summed E-state index contributed by atoms with van der Waals surface area (Å²) < 4.78 is 0. The Morgan fingerprint density at radius 1 is 1.00 bits per heavy atom. The SMILES string of the molecule is O=C(O)C(=O)O.OCCN1C2CCC1CC2. The topological polar surface area (TPSA) is 98.1 Å². The highest BCUT2D eigenvalue weighted by molar-refractivity contribution is 6.27. The molecule has 92 valence electrons. The smallest absolute Gasteiger partial charge is 0.414 e. The molecule has 0 spiro atoms. The first-order valence-electron chi connectivity index (χ1n) is 5.39. The second kappa shape index (κ2) is 5.81. The Morgan fingerprint density at radius 2 is 1.38 bits per heavy atom. The fraction of sp³-hybridized carbons (Fsp3) is 0.800. The molecule has 0 saturated carbocycles. The Bertz CT molecular complexity index is 236. The highest BCUT2D eigenvalue weighted by Crippen LogP contribution is 2.36. The molecule has 0 aromatic heterocycles. The molecule has 0 aromatic rings. The molecular weight excluding hydrogens is 214 g/mol. The summed E-state index contributed by atoms with van der Waals surface area (Å²) in [5.74, 6) is -3.65. The standard InChI is InChI=1S/C8H15NO.C2H2O4/c10-6-5-9-7-1-2-8(9)4-3-7;3-1(4)2(5)6/h7-8,10H,1-6H2;(H,3,4)(H,5,6). The van der Waals surface area contributed by atoms with Gasteiger partial charge in [0.05, 0.1) is 6.61 Å². The van der Waals surface area contributed by atoms with E-state index in [0.717, 1.165) is 18.6 Å². The number of nitrogens with zero attached hydrogens (tertiary/aromatic N) is 1. The van der Waals surface area contributed by atoms with Crippen LogP contribution in [-0.2, 0) is 9.59 Å². The zero-order valence-corrected chi connectivity index (χ0v) is 9.00. The molecule has 0 aromatic carbocycles. The maximum atomic E-state index is 9.10. The second-order valence-electron chi connectivity index (χ2n) is 4.03. The molecule has 0 unspecified atom stereocenters. The fourth-order valence-electron chi connectivity index (χ4n) is 2.50. The second-order valence-corrected chi connectivity index (χ2v) is 4.03. The lowest BCUT2D eigenvalue weighted by Gasteiger charge is -2.19. The number of carboxylic acids is 2. The van der Waals surface area contributed by atoms with Crippen molar-refractivity contribution in [3.05, 3.63) is 0 Å². The van der Waals surface area contributed by atoms with Gasteiger partial charge in [-0.3, -0.25) is 4.90 Å². The van der Waals surface area contributed by atoms with Gasteiger partial charge in [-0.2, -0.15) is 0 Å². The van der Waals surface area contributed by atoms with E-state index in [0.29, 0.717) is 6.61 Å². The number of carbonyl (C=O) groups is 2. The molecule has 2 bridgehead atoms. The number of aliphatic hydroxyl groups is 1. The summed E-state index contributed by atoms with van der Waals surface area (Å²) in [6.45, 7) is 1.25. The zero-order chi connectivity index (χ0) is 12.1. The van der Waals surface area contributed by atoms with Crippen LogP contribution in [0.5, 0.6) is 0 Å². The highest BCUT2D eigenvalue weighted by Gasteiger charge is 2.38. The van der Waals surface area contributed by atoms with Crippen LogP contribution in [0.2, 0.25) is 0 Å². The van der Waals surface area contributed by atoms with E-state index in [-0.39, 0.29) is 0 Å². The van der Waals surface area contributed by atoms with Gasteiger partial charge >= 0.3 is 11.9 Å². The molecule has 16 heavy (non-hydrogen) atoms. The summed E-state index contributed by atoms with van der Waals surface area (Å²) in [6.07, 6.45) is 5.52. The van der Waals surface area contributed by atoms with Crippen molar-refractivity contribution in [1.29, 1.82) is 0 Å². The normalized spacial score (nSPS) is 27.3. The van der Waals surface area contributed by atoms with Gasteiger partial charge < -0.3 is 15.3 Å².